The SMILES string of the molecule is CCn1ccnc1CNC1CCCN(Cc2cccc(OC)c2)C1. The third-order valence-corrected chi connectivity index (χ3v) is 4.74. The maximum Gasteiger partial charge on any atom is 0.122 e. The highest BCUT2D eigenvalue weighted by Gasteiger charge is 2.20. The molecule has 1 saturated heterocycles. The number of benzene rings is 1. The molecule has 1 aliphatic rings. The Kier molecular flexibility index (Phi) is 5.88. The zero-order chi connectivity index (χ0) is 16.8. The molecular formula is C19H28N4O. The molecule has 0 bridgehead atoms. The lowest BCUT2D eigenvalue weighted by Gasteiger charge is -2.33. The van der Waals surface area contributed by atoms with E-state index < -0.39 is 0 Å². The molecule has 2 heterocycles. The molecule has 1 aliphatic heterocycles. The summed E-state index contributed by atoms with van der Waals surface area (Å²) in [6.07, 6.45) is 6.41. The number of ether oxygens (including phenoxy) is 1. The van der Waals surface area contributed by atoms with Crippen LogP contribution in [0, 0.1) is 0 Å². The van der Waals surface area contributed by atoms with Crippen molar-refractivity contribution in [3.63, 3.8) is 0 Å². The Morgan fingerprint density at radius 2 is 2.29 bits per heavy atom. The molecule has 5 heteroatoms. The van der Waals surface area contributed by atoms with E-state index in [1.54, 1.807) is 7.11 Å². The van der Waals surface area contributed by atoms with Crippen LogP contribution in [0.25, 0.3) is 0 Å². The van der Waals surface area contributed by atoms with Crippen LogP contribution in [0.5, 0.6) is 5.75 Å². The van der Waals surface area contributed by atoms with E-state index in [1.807, 2.05) is 18.5 Å². The summed E-state index contributed by atoms with van der Waals surface area (Å²) < 4.78 is 7.52. The molecule has 5 nitrogen and oxygen atoms in total. The van der Waals surface area contributed by atoms with Gasteiger partial charge in [0.1, 0.15) is 11.6 Å². The molecule has 0 radical (unpaired) electrons. The van der Waals surface area contributed by atoms with Crippen molar-refractivity contribution in [2.75, 3.05) is 20.2 Å². The van der Waals surface area contributed by atoms with Crippen molar-refractivity contribution in [3.05, 3.63) is 48.0 Å². The molecule has 3 rings (SSSR count). The van der Waals surface area contributed by atoms with Gasteiger partial charge in [0, 0.05) is 38.1 Å². The van der Waals surface area contributed by atoms with Crippen LogP contribution in [0.1, 0.15) is 31.2 Å². The predicted molar refractivity (Wildman–Crippen MR) is 96.0 cm³/mol. The number of rotatable bonds is 7. The van der Waals surface area contributed by atoms with Crippen molar-refractivity contribution < 1.29 is 4.74 Å². The fourth-order valence-electron chi connectivity index (χ4n) is 3.43. The molecule has 0 spiro atoms. The minimum absolute atomic E-state index is 0.534. The summed E-state index contributed by atoms with van der Waals surface area (Å²) in [6, 6.07) is 8.91. The quantitative estimate of drug-likeness (QED) is 0.848. The smallest absolute Gasteiger partial charge is 0.122 e. The second-order valence-electron chi connectivity index (χ2n) is 6.44. The van der Waals surface area contributed by atoms with Crippen molar-refractivity contribution in [1.29, 1.82) is 0 Å². The van der Waals surface area contributed by atoms with Gasteiger partial charge in [0.2, 0.25) is 0 Å². The normalized spacial score (nSPS) is 18.7. The standard InChI is InChI=1S/C19H28N4O/c1-3-23-11-9-20-19(23)13-21-17-7-5-10-22(15-17)14-16-6-4-8-18(12-16)24-2/h4,6,8-9,11-12,17,21H,3,5,7,10,13-15H2,1-2H3. The van der Waals surface area contributed by atoms with Gasteiger partial charge in [-0.25, -0.2) is 4.98 Å². The Morgan fingerprint density at radius 1 is 1.38 bits per heavy atom. The third kappa shape index (κ3) is 4.36. The molecule has 1 aromatic carbocycles. The fourth-order valence-corrected chi connectivity index (χ4v) is 3.43. The molecule has 0 saturated carbocycles. The minimum Gasteiger partial charge on any atom is -0.497 e. The minimum atomic E-state index is 0.534. The second-order valence-corrected chi connectivity index (χ2v) is 6.44. The summed E-state index contributed by atoms with van der Waals surface area (Å²) in [5.74, 6) is 2.06. The predicted octanol–water partition coefficient (Wildman–Crippen LogP) is 2.67. The maximum atomic E-state index is 5.33. The van der Waals surface area contributed by atoms with E-state index in [0.717, 1.165) is 37.8 Å². The van der Waals surface area contributed by atoms with Crippen LogP contribution >= 0.6 is 0 Å². The van der Waals surface area contributed by atoms with Crippen LogP contribution in [0.2, 0.25) is 0 Å². The second kappa shape index (κ2) is 8.31. The van der Waals surface area contributed by atoms with E-state index >= 15 is 0 Å². The number of imidazole rings is 1. The van der Waals surface area contributed by atoms with Gasteiger partial charge in [0.05, 0.1) is 13.7 Å². The molecule has 0 amide bonds. The Hall–Kier alpha value is -1.85. The van der Waals surface area contributed by atoms with E-state index in [1.165, 1.54) is 24.9 Å². The molecule has 0 aliphatic carbocycles. The van der Waals surface area contributed by atoms with Crippen LogP contribution in [0.15, 0.2) is 36.7 Å². The highest BCUT2D eigenvalue weighted by atomic mass is 16.5. The molecule has 1 aromatic heterocycles. The number of aryl methyl sites for hydroxylation is 1. The van der Waals surface area contributed by atoms with Gasteiger partial charge < -0.3 is 14.6 Å². The molecule has 1 fully saturated rings. The van der Waals surface area contributed by atoms with E-state index in [2.05, 4.69) is 44.9 Å². The Balaban J connectivity index is 1.52. The number of hydrogen-bond donors (Lipinski definition) is 1. The lowest BCUT2D eigenvalue weighted by molar-refractivity contribution is 0.182. The average molecular weight is 328 g/mol. The first kappa shape index (κ1) is 17.0. The summed E-state index contributed by atoms with van der Waals surface area (Å²) in [5.41, 5.74) is 1.32. The van der Waals surface area contributed by atoms with E-state index in [4.69, 9.17) is 4.74 Å². The number of aromatic nitrogens is 2. The number of hydrogen-bond acceptors (Lipinski definition) is 4. The topological polar surface area (TPSA) is 42.3 Å². The monoisotopic (exact) mass is 328 g/mol. The summed E-state index contributed by atoms with van der Waals surface area (Å²) in [4.78, 5) is 6.98. The van der Waals surface area contributed by atoms with Crippen LogP contribution in [0.3, 0.4) is 0 Å². The van der Waals surface area contributed by atoms with Gasteiger partial charge in [-0.15, -0.1) is 0 Å². The van der Waals surface area contributed by atoms with E-state index in [9.17, 15) is 0 Å². The lowest BCUT2D eigenvalue weighted by atomic mass is 10.0. The summed E-state index contributed by atoms with van der Waals surface area (Å²) >= 11 is 0. The average Bonchev–Trinajstić information content (AvgIpc) is 3.08. The first-order chi connectivity index (χ1) is 11.8. The van der Waals surface area contributed by atoms with Crippen molar-refractivity contribution in [2.45, 2.75) is 45.4 Å². The van der Waals surface area contributed by atoms with Crippen LogP contribution in [0.4, 0.5) is 0 Å². The molecule has 24 heavy (non-hydrogen) atoms. The first-order valence-electron chi connectivity index (χ1n) is 8.87. The van der Waals surface area contributed by atoms with Gasteiger partial charge in [-0.05, 0) is 44.0 Å². The number of methoxy groups -OCH3 is 1. The first-order valence-corrected chi connectivity index (χ1v) is 8.87. The molecular weight excluding hydrogens is 300 g/mol. The molecule has 130 valence electrons. The van der Waals surface area contributed by atoms with Gasteiger partial charge in [-0.1, -0.05) is 12.1 Å². The summed E-state index contributed by atoms with van der Waals surface area (Å²) in [6.45, 7) is 7.21. The Morgan fingerprint density at radius 3 is 3.12 bits per heavy atom. The third-order valence-electron chi connectivity index (χ3n) is 4.74. The molecule has 1 atom stereocenters. The van der Waals surface area contributed by atoms with Crippen molar-refractivity contribution in [3.8, 4) is 5.75 Å². The number of piperidine rings is 1. The van der Waals surface area contributed by atoms with Gasteiger partial charge in [0.15, 0.2) is 0 Å². The molecule has 1 unspecified atom stereocenters. The number of nitrogens with one attached hydrogen (secondary N) is 1. The van der Waals surface area contributed by atoms with Gasteiger partial charge in [-0.3, -0.25) is 4.90 Å². The lowest BCUT2D eigenvalue weighted by Crippen LogP contribution is -2.45. The van der Waals surface area contributed by atoms with Crippen LogP contribution in [-0.2, 0) is 19.6 Å². The van der Waals surface area contributed by atoms with Crippen molar-refractivity contribution >= 4 is 0 Å². The van der Waals surface area contributed by atoms with Crippen molar-refractivity contribution in [1.82, 2.24) is 19.8 Å². The van der Waals surface area contributed by atoms with Gasteiger partial charge in [0.25, 0.3) is 0 Å². The van der Waals surface area contributed by atoms with E-state index in [0.29, 0.717) is 6.04 Å². The summed E-state index contributed by atoms with van der Waals surface area (Å²) in [7, 11) is 1.72. The largest absolute Gasteiger partial charge is 0.497 e. The summed E-state index contributed by atoms with van der Waals surface area (Å²) in [5, 5.41) is 3.69. The fraction of sp³-hybridized carbons (Fsp3) is 0.526. The van der Waals surface area contributed by atoms with Gasteiger partial charge in [-0.2, -0.15) is 0 Å². The number of likely N-dealkylation sites (tertiary alicyclic amines) is 1. The van der Waals surface area contributed by atoms with Crippen LogP contribution < -0.4 is 10.1 Å². The molecule has 1 N–H and O–H groups in total. The van der Waals surface area contributed by atoms with Gasteiger partial charge >= 0.3 is 0 Å². The zero-order valence-corrected chi connectivity index (χ0v) is 14.7. The van der Waals surface area contributed by atoms with Crippen molar-refractivity contribution in [2.24, 2.45) is 0 Å². The zero-order valence-electron chi connectivity index (χ0n) is 14.7. The number of nitrogens with zero attached hydrogens (tertiary/aromatic N) is 3. The Labute approximate surface area is 144 Å². The maximum absolute atomic E-state index is 5.33. The highest BCUT2D eigenvalue weighted by molar-refractivity contribution is 5.28. The molecule has 2 aromatic rings. The Bertz CT molecular complexity index is 640. The van der Waals surface area contributed by atoms with Crippen LogP contribution in [-0.4, -0.2) is 40.7 Å². The highest BCUT2D eigenvalue weighted by Crippen LogP contribution is 2.17. The van der Waals surface area contributed by atoms with E-state index in [-0.39, 0.29) is 0 Å².